The van der Waals surface area contributed by atoms with Crippen molar-refractivity contribution in [3.63, 3.8) is 0 Å². The zero-order valence-electron chi connectivity index (χ0n) is 11.8. The van der Waals surface area contributed by atoms with Gasteiger partial charge in [0.15, 0.2) is 0 Å². The van der Waals surface area contributed by atoms with Crippen molar-refractivity contribution in [3.8, 4) is 0 Å². The number of nitrogens with zero attached hydrogens (tertiary/aromatic N) is 2. The third kappa shape index (κ3) is 3.35. The van der Waals surface area contributed by atoms with Gasteiger partial charge in [-0.2, -0.15) is 0 Å². The number of aliphatic hydroxyl groups is 1. The van der Waals surface area contributed by atoms with Crippen LogP contribution in [-0.2, 0) is 6.42 Å². The van der Waals surface area contributed by atoms with Crippen LogP contribution in [-0.4, -0.2) is 27.2 Å². The minimum absolute atomic E-state index is 0.0798. The van der Waals surface area contributed by atoms with Crippen LogP contribution in [0.3, 0.4) is 0 Å². The largest absolute Gasteiger partial charge is 0.391 e. The summed E-state index contributed by atoms with van der Waals surface area (Å²) in [7, 11) is 0. The maximum Gasteiger partial charge on any atom is 0.135 e. The summed E-state index contributed by atoms with van der Waals surface area (Å²) in [6.45, 7) is 4.01. The second-order valence-electron chi connectivity index (χ2n) is 5.35. The number of aryl methyl sites for hydroxylation is 1. The van der Waals surface area contributed by atoms with Crippen molar-refractivity contribution < 1.29 is 5.11 Å². The van der Waals surface area contributed by atoms with Gasteiger partial charge in [-0.3, -0.25) is 0 Å². The van der Waals surface area contributed by atoms with Crippen molar-refractivity contribution in [1.29, 1.82) is 0 Å². The number of nitrogens with one attached hydrogen (secondary N) is 1. The Morgan fingerprint density at radius 1 is 1.32 bits per heavy atom. The number of anilines is 2. The lowest BCUT2D eigenvalue weighted by molar-refractivity contribution is 0.116. The average molecular weight is 264 g/mol. The minimum atomic E-state index is -0.293. The summed E-state index contributed by atoms with van der Waals surface area (Å²) in [4.78, 5) is 8.84. The Morgan fingerprint density at radius 3 is 2.74 bits per heavy atom. The summed E-state index contributed by atoms with van der Waals surface area (Å²) in [6.07, 6.45) is 5.62. The molecule has 1 aliphatic rings. The highest BCUT2D eigenvalue weighted by Crippen LogP contribution is 2.24. The van der Waals surface area contributed by atoms with Gasteiger partial charge in [-0.05, 0) is 26.2 Å². The van der Waals surface area contributed by atoms with Gasteiger partial charge in [-0.15, -0.1) is 0 Å². The highest BCUT2D eigenvalue weighted by molar-refractivity contribution is 5.55. The molecule has 1 aliphatic carbocycles. The molecule has 4 N–H and O–H groups in total. The lowest BCUT2D eigenvalue weighted by Gasteiger charge is -2.29. The Labute approximate surface area is 114 Å². The van der Waals surface area contributed by atoms with Gasteiger partial charge in [0.2, 0.25) is 0 Å². The molecule has 0 aromatic carbocycles. The molecule has 1 aromatic rings. The quantitative estimate of drug-likeness (QED) is 0.775. The van der Waals surface area contributed by atoms with E-state index in [-0.39, 0.29) is 12.1 Å². The first-order chi connectivity index (χ1) is 9.11. The highest BCUT2D eigenvalue weighted by Gasteiger charge is 2.24. The number of rotatable bonds is 4. The number of hydrogen-bond donors (Lipinski definition) is 3. The topological polar surface area (TPSA) is 84.1 Å². The van der Waals surface area contributed by atoms with Gasteiger partial charge in [0.1, 0.15) is 17.5 Å². The molecule has 5 nitrogen and oxygen atoms in total. The van der Waals surface area contributed by atoms with E-state index < -0.39 is 0 Å². The van der Waals surface area contributed by atoms with E-state index in [1.165, 1.54) is 0 Å². The summed E-state index contributed by atoms with van der Waals surface area (Å²) in [6, 6.07) is 0.0798. The molecule has 0 radical (unpaired) electrons. The van der Waals surface area contributed by atoms with Crippen molar-refractivity contribution in [1.82, 2.24) is 9.97 Å². The molecular formula is C14H24N4O. The highest BCUT2D eigenvalue weighted by atomic mass is 16.3. The first kappa shape index (κ1) is 14.1. The van der Waals surface area contributed by atoms with Crippen LogP contribution >= 0.6 is 0 Å². The molecule has 5 heteroatoms. The van der Waals surface area contributed by atoms with Gasteiger partial charge in [0, 0.05) is 12.0 Å². The second-order valence-corrected chi connectivity index (χ2v) is 5.35. The molecule has 2 atom stereocenters. The molecule has 0 bridgehead atoms. The van der Waals surface area contributed by atoms with Crippen molar-refractivity contribution in [2.45, 2.75) is 64.5 Å². The number of nitrogen functional groups attached to an aromatic ring is 1. The molecule has 2 unspecified atom stereocenters. The van der Waals surface area contributed by atoms with Crippen molar-refractivity contribution in [3.05, 3.63) is 11.4 Å². The summed E-state index contributed by atoms with van der Waals surface area (Å²) in [5.41, 5.74) is 6.81. The van der Waals surface area contributed by atoms with Crippen LogP contribution in [0.25, 0.3) is 0 Å². The third-order valence-corrected chi connectivity index (χ3v) is 3.75. The number of hydrogen-bond acceptors (Lipinski definition) is 5. The average Bonchev–Trinajstić information content (AvgIpc) is 2.38. The zero-order valence-corrected chi connectivity index (χ0v) is 11.8. The molecular weight excluding hydrogens is 240 g/mol. The van der Waals surface area contributed by atoms with E-state index >= 15 is 0 Å². The van der Waals surface area contributed by atoms with Gasteiger partial charge >= 0.3 is 0 Å². The fourth-order valence-electron chi connectivity index (χ4n) is 2.51. The van der Waals surface area contributed by atoms with Gasteiger partial charge in [0.05, 0.1) is 12.1 Å². The molecule has 0 spiro atoms. The van der Waals surface area contributed by atoms with Crippen molar-refractivity contribution >= 4 is 11.6 Å². The zero-order chi connectivity index (χ0) is 13.8. The summed E-state index contributed by atoms with van der Waals surface area (Å²) >= 11 is 0. The second kappa shape index (κ2) is 6.19. The Morgan fingerprint density at radius 2 is 2.05 bits per heavy atom. The Hall–Kier alpha value is -1.36. The Bertz CT molecular complexity index is 436. The monoisotopic (exact) mass is 264 g/mol. The molecule has 1 saturated carbocycles. The first-order valence-corrected chi connectivity index (χ1v) is 7.19. The van der Waals surface area contributed by atoms with Gasteiger partial charge in [0.25, 0.3) is 0 Å². The lowest BCUT2D eigenvalue weighted by atomic mass is 9.92. The smallest absolute Gasteiger partial charge is 0.135 e. The minimum Gasteiger partial charge on any atom is -0.391 e. The maximum atomic E-state index is 10.0. The third-order valence-electron chi connectivity index (χ3n) is 3.75. The van der Waals surface area contributed by atoms with Crippen LogP contribution in [0, 0.1) is 6.92 Å². The maximum absolute atomic E-state index is 10.0. The summed E-state index contributed by atoms with van der Waals surface area (Å²) < 4.78 is 0. The van der Waals surface area contributed by atoms with Crippen LogP contribution < -0.4 is 11.1 Å². The van der Waals surface area contributed by atoms with E-state index in [4.69, 9.17) is 5.73 Å². The van der Waals surface area contributed by atoms with Gasteiger partial charge in [-0.1, -0.05) is 19.8 Å². The molecule has 0 saturated heterocycles. The predicted molar refractivity (Wildman–Crippen MR) is 77.1 cm³/mol. The van der Waals surface area contributed by atoms with Crippen molar-refractivity contribution in [2.75, 3.05) is 11.1 Å². The Balaban J connectivity index is 2.18. The SMILES string of the molecule is CCCc1nc(N)c(C)c(NC2CCCCC2O)n1. The molecule has 19 heavy (non-hydrogen) atoms. The van der Waals surface area contributed by atoms with E-state index in [1.54, 1.807) is 0 Å². The summed E-state index contributed by atoms with van der Waals surface area (Å²) in [5.74, 6) is 2.09. The molecule has 0 amide bonds. The standard InChI is InChI=1S/C14H24N4O/c1-3-6-12-17-13(15)9(2)14(18-12)16-10-7-4-5-8-11(10)19/h10-11,19H,3-8H2,1-2H3,(H3,15,16,17,18). The van der Waals surface area contributed by atoms with Gasteiger partial charge < -0.3 is 16.2 Å². The fourth-order valence-corrected chi connectivity index (χ4v) is 2.51. The van der Waals surface area contributed by atoms with E-state index in [2.05, 4.69) is 22.2 Å². The van der Waals surface area contributed by atoms with Crippen LogP contribution in [0.2, 0.25) is 0 Å². The number of aromatic nitrogens is 2. The molecule has 1 heterocycles. The van der Waals surface area contributed by atoms with E-state index in [9.17, 15) is 5.11 Å². The predicted octanol–water partition coefficient (Wildman–Crippen LogP) is 2.04. The summed E-state index contributed by atoms with van der Waals surface area (Å²) in [5, 5.41) is 13.4. The van der Waals surface area contributed by atoms with Gasteiger partial charge in [-0.25, -0.2) is 9.97 Å². The van der Waals surface area contributed by atoms with Crippen LogP contribution in [0.5, 0.6) is 0 Å². The molecule has 0 aliphatic heterocycles. The fraction of sp³-hybridized carbons (Fsp3) is 0.714. The van der Waals surface area contributed by atoms with Crippen LogP contribution in [0.15, 0.2) is 0 Å². The lowest BCUT2D eigenvalue weighted by Crippen LogP contribution is -2.37. The molecule has 1 fully saturated rings. The molecule has 106 valence electrons. The van der Waals surface area contributed by atoms with E-state index in [0.717, 1.165) is 55.7 Å². The Kier molecular flexibility index (Phi) is 4.58. The number of aliphatic hydroxyl groups excluding tert-OH is 1. The van der Waals surface area contributed by atoms with E-state index in [0.29, 0.717) is 5.82 Å². The van der Waals surface area contributed by atoms with E-state index in [1.807, 2.05) is 6.92 Å². The first-order valence-electron chi connectivity index (χ1n) is 7.19. The number of nitrogens with two attached hydrogens (primary N) is 1. The molecule has 2 rings (SSSR count). The normalized spacial score (nSPS) is 23.3. The van der Waals surface area contributed by atoms with Crippen LogP contribution in [0.4, 0.5) is 11.6 Å². The van der Waals surface area contributed by atoms with Crippen LogP contribution in [0.1, 0.15) is 50.4 Å². The van der Waals surface area contributed by atoms with Crippen molar-refractivity contribution in [2.24, 2.45) is 0 Å². The molecule has 1 aromatic heterocycles.